The van der Waals surface area contributed by atoms with Gasteiger partial charge in [0.1, 0.15) is 5.82 Å². The normalized spacial score (nSPS) is 18.6. The van der Waals surface area contributed by atoms with Crippen molar-refractivity contribution in [3.05, 3.63) is 29.6 Å². The number of piperidine rings is 1. The number of nitrogens with one attached hydrogen (secondary N) is 3. The maximum Gasteiger partial charge on any atom is 0.253 e. The van der Waals surface area contributed by atoms with Gasteiger partial charge in [-0.05, 0) is 18.6 Å². The summed E-state index contributed by atoms with van der Waals surface area (Å²) in [5.41, 5.74) is 2.28. The molecule has 1 unspecified atom stereocenters. The number of carbonyl (C=O) groups excluding carboxylic acids is 2. The van der Waals surface area contributed by atoms with Gasteiger partial charge in [0.05, 0.1) is 11.3 Å². The number of benzene rings is 1. The molecule has 0 saturated carbocycles. The van der Waals surface area contributed by atoms with E-state index in [0.717, 1.165) is 0 Å². The van der Waals surface area contributed by atoms with Gasteiger partial charge in [-0.1, -0.05) is 6.07 Å². The fourth-order valence-corrected chi connectivity index (χ4v) is 1.98. The molecule has 6 nitrogen and oxygen atoms in total. The zero-order valence-corrected chi connectivity index (χ0v) is 10.2. The second kappa shape index (κ2) is 5.66. The Morgan fingerprint density at radius 2 is 2.26 bits per heavy atom. The molecule has 0 aliphatic carbocycles. The number of amides is 2. The molecule has 2 rings (SSSR count). The van der Waals surface area contributed by atoms with Crippen molar-refractivity contribution in [2.45, 2.75) is 18.9 Å². The summed E-state index contributed by atoms with van der Waals surface area (Å²) in [4.78, 5) is 23.0. The SMILES string of the molecule is NNc1c(F)cccc1C(=O)NC1CCC(=O)NC1. The molecule has 1 saturated heterocycles. The Bertz CT molecular complexity index is 497. The maximum absolute atomic E-state index is 13.5. The summed E-state index contributed by atoms with van der Waals surface area (Å²) in [5, 5.41) is 5.40. The van der Waals surface area contributed by atoms with Crippen LogP contribution in [-0.2, 0) is 4.79 Å². The Balaban J connectivity index is 2.08. The van der Waals surface area contributed by atoms with Crippen LogP contribution in [0.25, 0.3) is 0 Å². The predicted molar refractivity (Wildman–Crippen MR) is 67.7 cm³/mol. The van der Waals surface area contributed by atoms with Crippen molar-refractivity contribution in [2.24, 2.45) is 5.84 Å². The average Bonchev–Trinajstić information content (AvgIpc) is 2.41. The van der Waals surface area contributed by atoms with E-state index >= 15 is 0 Å². The van der Waals surface area contributed by atoms with Gasteiger partial charge in [-0.15, -0.1) is 0 Å². The van der Waals surface area contributed by atoms with Crippen LogP contribution in [0.2, 0.25) is 0 Å². The Morgan fingerprint density at radius 3 is 2.89 bits per heavy atom. The molecule has 1 aromatic rings. The molecule has 102 valence electrons. The minimum Gasteiger partial charge on any atom is -0.354 e. The van der Waals surface area contributed by atoms with E-state index in [1.165, 1.54) is 18.2 Å². The Labute approximate surface area is 109 Å². The number of hydrogen-bond donors (Lipinski definition) is 4. The van der Waals surface area contributed by atoms with Gasteiger partial charge in [0.2, 0.25) is 5.91 Å². The van der Waals surface area contributed by atoms with Crippen LogP contribution in [0.15, 0.2) is 18.2 Å². The zero-order chi connectivity index (χ0) is 13.8. The molecule has 2 amide bonds. The molecule has 0 aromatic heterocycles. The molecule has 7 heteroatoms. The third-order valence-corrected chi connectivity index (χ3v) is 3.00. The van der Waals surface area contributed by atoms with E-state index in [2.05, 4.69) is 16.1 Å². The lowest BCUT2D eigenvalue weighted by atomic mass is 10.1. The second-order valence-electron chi connectivity index (χ2n) is 4.32. The van der Waals surface area contributed by atoms with Crippen molar-refractivity contribution < 1.29 is 14.0 Å². The molecule has 1 heterocycles. The van der Waals surface area contributed by atoms with Crippen LogP contribution in [-0.4, -0.2) is 24.4 Å². The molecular formula is C12H15FN4O2. The van der Waals surface area contributed by atoms with Crippen LogP contribution in [0.4, 0.5) is 10.1 Å². The average molecular weight is 266 g/mol. The van der Waals surface area contributed by atoms with Crippen molar-refractivity contribution in [3.8, 4) is 0 Å². The lowest BCUT2D eigenvalue weighted by Crippen LogP contribution is -2.47. The van der Waals surface area contributed by atoms with Gasteiger partial charge in [-0.2, -0.15) is 0 Å². The summed E-state index contributed by atoms with van der Waals surface area (Å²) < 4.78 is 13.5. The van der Waals surface area contributed by atoms with E-state index in [9.17, 15) is 14.0 Å². The topological polar surface area (TPSA) is 96.2 Å². The summed E-state index contributed by atoms with van der Waals surface area (Å²) in [6, 6.07) is 3.98. The maximum atomic E-state index is 13.5. The zero-order valence-electron chi connectivity index (χ0n) is 10.2. The predicted octanol–water partition coefficient (Wildman–Crippen LogP) is 0.120. The van der Waals surface area contributed by atoms with Gasteiger partial charge in [0.25, 0.3) is 5.91 Å². The van der Waals surface area contributed by atoms with E-state index in [-0.39, 0.29) is 23.2 Å². The lowest BCUT2D eigenvalue weighted by Gasteiger charge is -2.23. The van der Waals surface area contributed by atoms with E-state index < -0.39 is 11.7 Å². The van der Waals surface area contributed by atoms with E-state index in [0.29, 0.717) is 19.4 Å². The smallest absolute Gasteiger partial charge is 0.253 e. The Kier molecular flexibility index (Phi) is 3.96. The number of hydrogen-bond acceptors (Lipinski definition) is 4. The molecule has 0 radical (unpaired) electrons. The van der Waals surface area contributed by atoms with Crippen molar-refractivity contribution in [1.29, 1.82) is 0 Å². The van der Waals surface area contributed by atoms with E-state index in [4.69, 9.17) is 5.84 Å². The van der Waals surface area contributed by atoms with Crippen molar-refractivity contribution in [3.63, 3.8) is 0 Å². The monoisotopic (exact) mass is 266 g/mol. The Morgan fingerprint density at radius 1 is 1.47 bits per heavy atom. The highest BCUT2D eigenvalue weighted by Gasteiger charge is 2.22. The fourth-order valence-electron chi connectivity index (χ4n) is 1.98. The second-order valence-corrected chi connectivity index (χ2v) is 4.32. The van der Waals surface area contributed by atoms with Crippen LogP contribution >= 0.6 is 0 Å². The highest BCUT2D eigenvalue weighted by Crippen LogP contribution is 2.18. The van der Waals surface area contributed by atoms with Gasteiger partial charge in [-0.25, -0.2) is 4.39 Å². The quantitative estimate of drug-likeness (QED) is 0.461. The number of nitrogens with two attached hydrogens (primary N) is 1. The van der Waals surface area contributed by atoms with Crippen LogP contribution < -0.4 is 21.9 Å². The van der Waals surface area contributed by atoms with Gasteiger partial charge in [0, 0.05) is 19.0 Å². The molecule has 1 fully saturated rings. The van der Waals surface area contributed by atoms with Crippen LogP contribution in [0.3, 0.4) is 0 Å². The first-order valence-electron chi connectivity index (χ1n) is 5.94. The van der Waals surface area contributed by atoms with Crippen LogP contribution in [0.5, 0.6) is 0 Å². The first kappa shape index (κ1) is 13.3. The number of halogens is 1. The van der Waals surface area contributed by atoms with Crippen molar-refractivity contribution >= 4 is 17.5 Å². The molecule has 1 aliphatic rings. The van der Waals surface area contributed by atoms with E-state index in [1.807, 2.05) is 0 Å². The van der Waals surface area contributed by atoms with Gasteiger partial charge in [-0.3, -0.25) is 15.4 Å². The number of rotatable bonds is 3. The number of hydrazine groups is 1. The molecule has 5 N–H and O–H groups in total. The van der Waals surface area contributed by atoms with Crippen molar-refractivity contribution in [1.82, 2.24) is 10.6 Å². The number of para-hydroxylation sites is 1. The standard InChI is InChI=1S/C12H15FN4O2/c13-9-3-1-2-8(11(9)17-14)12(19)16-7-4-5-10(18)15-6-7/h1-3,7,17H,4-6,14H2,(H,15,18)(H,16,19). The summed E-state index contributed by atoms with van der Waals surface area (Å²) in [5.74, 6) is 4.17. The van der Waals surface area contributed by atoms with Crippen molar-refractivity contribution in [2.75, 3.05) is 12.0 Å². The number of nitrogen functional groups attached to an aromatic ring is 1. The summed E-state index contributed by atoms with van der Waals surface area (Å²) in [7, 11) is 0. The molecule has 1 aliphatic heterocycles. The number of carbonyl (C=O) groups is 2. The third kappa shape index (κ3) is 3.00. The Hall–Kier alpha value is -2.15. The third-order valence-electron chi connectivity index (χ3n) is 3.00. The van der Waals surface area contributed by atoms with E-state index in [1.54, 1.807) is 0 Å². The molecular weight excluding hydrogens is 251 g/mol. The van der Waals surface area contributed by atoms with Crippen LogP contribution in [0.1, 0.15) is 23.2 Å². The number of anilines is 1. The molecule has 1 aromatic carbocycles. The summed E-state index contributed by atoms with van der Waals surface area (Å²) >= 11 is 0. The molecule has 1 atom stereocenters. The summed E-state index contributed by atoms with van der Waals surface area (Å²) in [6.07, 6.45) is 0.939. The first-order chi connectivity index (χ1) is 9.11. The molecule has 0 bridgehead atoms. The minimum atomic E-state index is -0.591. The molecule has 0 spiro atoms. The largest absolute Gasteiger partial charge is 0.354 e. The highest BCUT2D eigenvalue weighted by molar-refractivity contribution is 5.99. The minimum absolute atomic E-state index is 0.0273. The van der Waals surface area contributed by atoms with Crippen LogP contribution in [0, 0.1) is 5.82 Å². The van der Waals surface area contributed by atoms with Gasteiger partial charge < -0.3 is 16.1 Å². The molecule has 19 heavy (non-hydrogen) atoms. The first-order valence-corrected chi connectivity index (χ1v) is 5.94. The van der Waals surface area contributed by atoms with Gasteiger partial charge >= 0.3 is 0 Å². The highest BCUT2D eigenvalue weighted by atomic mass is 19.1. The summed E-state index contributed by atoms with van der Waals surface area (Å²) in [6.45, 7) is 0.380. The lowest BCUT2D eigenvalue weighted by molar-refractivity contribution is -0.122. The fraction of sp³-hybridized carbons (Fsp3) is 0.333. The van der Waals surface area contributed by atoms with Gasteiger partial charge in [0.15, 0.2) is 0 Å².